The van der Waals surface area contributed by atoms with Gasteiger partial charge in [0.15, 0.2) is 0 Å². The Balaban J connectivity index is 1.64. The van der Waals surface area contributed by atoms with E-state index in [2.05, 4.69) is 15.3 Å². The summed E-state index contributed by atoms with van der Waals surface area (Å²) in [4.78, 5) is 33.9. The summed E-state index contributed by atoms with van der Waals surface area (Å²) in [5.41, 5.74) is -0.0220. The van der Waals surface area contributed by atoms with E-state index < -0.39 is 23.4 Å². The minimum atomic E-state index is -1.34. The van der Waals surface area contributed by atoms with Crippen molar-refractivity contribution in [2.24, 2.45) is 5.92 Å². The molecule has 154 valence electrons. The Morgan fingerprint density at radius 2 is 1.97 bits per heavy atom. The van der Waals surface area contributed by atoms with Gasteiger partial charge in [0.1, 0.15) is 23.8 Å². The average molecular weight is 403 g/mol. The zero-order chi connectivity index (χ0) is 21.0. The maximum absolute atomic E-state index is 13.5. The summed E-state index contributed by atoms with van der Waals surface area (Å²) in [6, 6.07) is 5.45. The minimum absolute atomic E-state index is 0.359. The molecule has 0 radical (unpaired) electrons. The number of piperidine rings is 1. The van der Waals surface area contributed by atoms with Crippen LogP contribution in [0, 0.1) is 11.7 Å². The van der Waals surface area contributed by atoms with Gasteiger partial charge in [0.05, 0.1) is 5.56 Å². The molecule has 0 saturated carbocycles. The van der Waals surface area contributed by atoms with E-state index in [0.29, 0.717) is 36.3 Å². The third kappa shape index (κ3) is 5.09. The summed E-state index contributed by atoms with van der Waals surface area (Å²) in [6.45, 7) is 1.78. The molecule has 1 amide bonds. The maximum Gasteiger partial charge on any atom is 0.407 e. The van der Waals surface area contributed by atoms with Gasteiger partial charge in [0.2, 0.25) is 0 Å². The average Bonchev–Trinajstić information content (AvgIpc) is 2.70. The number of amides is 1. The fourth-order valence-electron chi connectivity index (χ4n) is 3.33. The summed E-state index contributed by atoms with van der Waals surface area (Å²) in [5.74, 6) is -0.672. The number of aromatic nitrogens is 2. The number of halogens is 1. The molecule has 3 rings (SSSR count). The van der Waals surface area contributed by atoms with Crippen LogP contribution in [0.3, 0.4) is 0 Å². The molecule has 9 nitrogen and oxygen atoms in total. The molecular weight excluding hydrogens is 381 g/mol. The lowest BCUT2D eigenvalue weighted by Gasteiger charge is -2.32. The van der Waals surface area contributed by atoms with Gasteiger partial charge in [-0.1, -0.05) is 0 Å². The van der Waals surface area contributed by atoms with Crippen LogP contribution in [0.15, 0.2) is 30.6 Å². The molecule has 3 N–H and O–H groups in total. The Labute approximate surface area is 166 Å². The van der Waals surface area contributed by atoms with Crippen LogP contribution in [0.4, 0.5) is 26.5 Å². The molecule has 29 heavy (non-hydrogen) atoms. The highest BCUT2D eigenvalue weighted by molar-refractivity contribution is 5.89. The summed E-state index contributed by atoms with van der Waals surface area (Å²) >= 11 is 0. The first kappa shape index (κ1) is 20.3. The molecule has 0 unspecified atom stereocenters. The maximum atomic E-state index is 13.5. The third-order valence-corrected chi connectivity index (χ3v) is 4.93. The summed E-state index contributed by atoms with van der Waals surface area (Å²) < 4.78 is 13.5. The Hall–Kier alpha value is -3.43. The smallest absolute Gasteiger partial charge is 0.407 e. The van der Waals surface area contributed by atoms with Crippen LogP contribution >= 0.6 is 0 Å². The van der Waals surface area contributed by atoms with E-state index in [1.807, 2.05) is 11.9 Å². The molecule has 1 aliphatic rings. The normalized spacial score (nSPS) is 14.5. The Morgan fingerprint density at radius 1 is 1.24 bits per heavy atom. The van der Waals surface area contributed by atoms with Crippen molar-refractivity contribution in [3.05, 3.63) is 42.0 Å². The number of anilines is 3. The number of carboxylic acids is 1. The van der Waals surface area contributed by atoms with Crippen molar-refractivity contribution in [3.8, 4) is 0 Å². The van der Waals surface area contributed by atoms with Crippen molar-refractivity contribution in [1.82, 2.24) is 14.9 Å². The molecule has 1 aromatic heterocycles. The summed E-state index contributed by atoms with van der Waals surface area (Å²) in [7, 11) is 1.90. The Kier molecular flexibility index (Phi) is 6.10. The van der Waals surface area contributed by atoms with E-state index in [9.17, 15) is 14.0 Å². The molecule has 0 spiro atoms. The zero-order valence-electron chi connectivity index (χ0n) is 15.9. The largest absolute Gasteiger partial charge is 0.478 e. The first-order valence-corrected chi connectivity index (χ1v) is 9.14. The van der Waals surface area contributed by atoms with Crippen molar-refractivity contribution in [2.45, 2.75) is 12.8 Å². The van der Waals surface area contributed by atoms with Crippen molar-refractivity contribution >= 4 is 29.4 Å². The first-order valence-electron chi connectivity index (χ1n) is 9.14. The topological polar surface area (TPSA) is 119 Å². The second-order valence-electron chi connectivity index (χ2n) is 6.98. The molecule has 1 aliphatic heterocycles. The van der Waals surface area contributed by atoms with E-state index in [-0.39, 0.29) is 0 Å². The van der Waals surface area contributed by atoms with Crippen LogP contribution in [-0.4, -0.2) is 63.8 Å². The van der Waals surface area contributed by atoms with Crippen LogP contribution in [0.1, 0.15) is 23.2 Å². The van der Waals surface area contributed by atoms with E-state index in [4.69, 9.17) is 10.2 Å². The number of nitrogens with zero attached hydrogens (tertiary/aromatic N) is 4. The molecule has 2 aromatic rings. The molecule has 0 aliphatic carbocycles. The van der Waals surface area contributed by atoms with Gasteiger partial charge >= 0.3 is 12.1 Å². The Morgan fingerprint density at radius 3 is 2.62 bits per heavy atom. The zero-order valence-corrected chi connectivity index (χ0v) is 15.9. The molecule has 0 atom stereocenters. The van der Waals surface area contributed by atoms with E-state index >= 15 is 0 Å². The molecule has 1 saturated heterocycles. The number of hydrogen-bond donors (Lipinski definition) is 3. The van der Waals surface area contributed by atoms with Crippen LogP contribution in [-0.2, 0) is 0 Å². The number of likely N-dealkylation sites (tertiary alicyclic amines) is 1. The molecule has 1 aromatic carbocycles. The molecule has 2 heterocycles. The lowest BCUT2D eigenvalue weighted by Crippen LogP contribution is -2.40. The molecule has 0 bridgehead atoms. The van der Waals surface area contributed by atoms with Gasteiger partial charge in [-0.05, 0) is 37.0 Å². The fourth-order valence-corrected chi connectivity index (χ4v) is 3.33. The van der Waals surface area contributed by atoms with Crippen LogP contribution in [0.5, 0.6) is 0 Å². The van der Waals surface area contributed by atoms with Crippen molar-refractivity contribution in [3.63, 3.8) is 0 Å². The second kappa shape index (κ2) is 8.72. The second-order valence-corrected chi connectivity index (χ2v) is 6.98. The van der Waals surface area contributed by atoms with Gasteiger partial charge in [-0.3, -0.25) is 0 Å². The van der Waals surface area contributed by atoms with Gasteiger partial charge < -0.3 is 25.3 Å². The SMILES string of the molecule is CN(CC1CCN(C(=O)O)CC1)c1cc(Nc2ccc(F)c(C(=O)O)c2)ncn1. The van der Waals surface area contributed by atoms with Crippen LogP contribution < -0.4 is 10.2 Å². The number of carboxylic acid groups (broad SMARTS) is 2. The standard InChI is InChI=1S/C19H22FN5O4/c1-24(10-12-4-6-25(7-5-12)19(28)29)17-9-16(21-11-22-17)23-13-2-3-15(20)14(8-13)18(26)27/h2-3,8-9,11-12H,4-7,10H2,1H3,(H,26,27)(H,28,29)(H,21,22,23). The number of rotatable bonds is 6. The molecular formula is C19H22FN5O4. The van der Waals surface area contributed by atoms with Gasteiger partial charge in [-0.15, -0.1) is 0 Å². The fraction of sp³-hybridized carbons (Fsp3) is 0.368. The number of benzene rings is 1. The van der Waals surface area contributed by atoms with Crippen molar-refractivity contribution in [1.29, 1.82) is 0 Å². The summed E-state index contributed by atoms with van der Waals surface area (Å²) in [6.07, 6.45) is 2.10. The summed E-state index contributed by atoms with van der Waals surface area (Å²) in [5, 5.41) is 21.0. The Bertz CT molecular complexity index is 902. The highest BCUT2D eigenvalue weighted by atomic mass is 19.1. The lowest BCUT2D eigenvalue weighted by molar-refractivity contribution is 0.0691. The van der Waals surface area contributed by atoms with Crippen LogP contribution in [0.2, 0.25) is 0 Å². The van der Waals surface area contributed by atoms with E-state index in [0.717, 1.165) is 25.5 Å². The van der Waals surface area contributed by atoms with Gasteiger partial charge in [-0.2, -0.15) is 0 Å². The molecule has 1 fully saturated rings. The highest BCUT2D eigenvalue weighted by Gasteiger charge is 2.23. The predicted octanol–water partition coefficient (Wildman–Crippen LogP) is 2.88. The predicted molar refractivity (Wildman–Crippen MR) is 104 cm³/mol. The van der Waals surface area contributed by atoms with E-state index in [1.54, 1.807) is 6.07 Å². The number of carbonyl (C=O) groups is 2. The number of aromatic carboxylic acids is 1. The monoisotopic (exact) mass is 403 g/mol. The minimum Gasteiger partial charge on any atom is -0.478 e. The van der Waals surface area contributed by atoms with E-state index in [1.165, 1.54) is 23.4 Å². The number of hydrogen-bond acceptors (Lipinski definition) is 6. The lowest BCUT2D eigenvalue weighted by atomic mass is 9.96. The third-order valence-electron chi connectivity index (χ3n) is 4.93. The van der Waals surface area contributed by atoms with Gasteiger partial charge in [0, 0.05) is 38.4 Å². The van der Waals surface area contributed by atoms with Gasteiger partial charge in [-0.25, -0.2) is 23.9 Å². The van der Waals surface area contributed by atoms with Gasteiger partial charge in [0.25, 0.3) is 0 Å². The molecule has 10 heteroatoms. The quantitative estimate of drug-likeness (QED) is 0.674. The first-order chi connectivity index (χ1) is 13.8. The van der Waals surface area contributed by atoms with Crippen molar-refractivity contribution < 1.29 is 24.2 Å². The highest BCUT2D eigenvalue weighted by Crippen LogP contribution is 2.23. The number of nitrogens with one attached hydrogen (secondary N) is 1. The van der Waals surface area contributed by atoms with Crippen LogP contribution in [0.25, 0.3) is 0 Å². The van der Waals surface area contributed by atoms with Crippen molar-refractivity contribution in [2.75, 3.05) is 36.9 Å².